The van der Waals surface area contributed by atoms with Crippen molar-refractivity contribution in [1.29, 1.82) is 0 Å². The Bertz CT molecular complexity index is 590. The van der Waals surface area contributed by atoms with Crippen LogP contribution in [0, 0.1) is 0 Å². The first kappa shape index (κ1) is 11.5. The molecule has 90 valence electrons. The highest BCUT2D eigenvalue weighted by Crippen LogP contribution is 2.34. The second kappa shape index (κ2) is 4.58. The number of Topliss-reactive ketones (excluding diaryl/α,β-unsaturated/α-hetero) is 1. The Balaban J connectivity index is 1.94. The molecule has 0 amide bonds. The molecular weight excluding hydrogens is 292 g/mol. The molecule has 3 heteroatoms. The minimum absolute atomic E-state index is 0.143. The first-order valence-electron chi connectivity index (χ1n) is 5.78. The number of fused-ring (bicyclic) bond motifs is 1. The van der Waals surface area contributed by atoms with Crippen LogP contribution in [-0.4, -0.2) is 5.78 Å². The number of benzene rings is 2. The summed E-state index contributed by atoms with van der Waals surface area (Å²) in [5, 5.41) is 0. The van der Waals surface area contributed by atoms with Gasteiger partial charge in [-0.25, -0.2) is 0 Å². The number of carbonyl (C=O) groups is 1. The predicted molar refractivity (Wildman–Crippen MR) is 72.9 cm³/mol. The maximum absolute atomic E-state index is 12.0. The van der Waals surface area contributed by atoms with E-state index in [0.717, 1.165) is 10.0 Å². The van der Waals surface area contributed by atoms with Gasteiger partial charge in [-0.1, -0.05) is 40.2 Å². The summed E-state index contributed by atoms with van der Waals surface area (Å²) in [5.41, 5.74) is 1.71. The third kappa shape index (κ3) is 2.06. The van der Waals surface area contributed by atoms with E-state index in [2.05, 4.69) is 15.9 Å². The van der Waals surface area contributed by atoms with Crippen molar-refractivity contribution >= 4 is 21.7 Å². The summed E-state index contributed by atoms with van der Waals surface area (Å²) >= 11 is 3.40. The zero-order valence-corrected chi connectivity index (χ0v) is 11.2. The molecule has 0 N–H and O–H groups in total. The van der Waals surface area contributed by atoms with E-state index in [1.54, 1.807) is 0 Å². The highest BCUT2D eigenvalue weighted by Gasteiger charge is 2.26. The van der Waals surface area contributed by atoms with Crippen molar-refractivity contribution in [2.45, 2.75) is 12.5 Å². The molecule has 0 saturated heterocycles. The third-order valence-corrected chi connectivity index (χ3v) is 3.60. The fourth-order valence-electron chi connectivity index (χ4n) is 2.14. The quantitative estimate of drug-likeness (QED) is 0.791. The van der Waals surface area contributed by atoms with Gasteiger partial charge < -0.3 is 4.74 Å². The Morgan fingerprint density at radius 3 is 2.56 bits per heavy atom. The second-order valence-electron chi connectivity index (χ2n) is 4.28. The van der Waals surface area contributed by atoms with Gasteiger partial charge in [-0.05, 0) is 29.8 Å². The Labute approximate surface area is 114 Å². The van der Waals surface area contributed by atoms with E-state index in [-0.39, 0.29) is 11.9 Å². The van der Waals surface area contributed by atoms with Crippen LogP contribution in [0.25, 0.3) is 0 Å². The smallest absolute Gasteiger partial charge is 0.170 e. The molecule has 1 aliphatic heterocycles. The predicted octanol–water partition coefficient (Wildman–Crippen LogP) is 4.16. The van der Waals surface area contributed by atoms with Gasteiger partial charge in [0.25, 0.3) is 0 Å². The van der Waals surface area contributed by atoms with Crippen LogP contribution < -0.4 is 4.74 Å². The van der Waals surface area contributed by atoms with Crippen LogP contribution in [0.5, 0.6) is 5.75 Å². The van der Waals surface area contributed by atoms with E-state index < -0.39 is 0 Å². The van der Waals surface area contributed by atoms with Crippen LogP contribution in [-0.2, 0) is 0 Å². The molecule has 18 heavy (non-hydrogen) atoms. The van der Waals surface area contributed by atoms with Gasteiger partial charge in [0, 0.05) is 4.47 Å². The van der Waals surface area contributed by atoms with E-state index in [0.29, 0.717) is 17.7 Å². The minimum atomic E-state index is -0.180. The number of carbonyl (C=O) groups excluding carboxylic acids is 1. The van der Waals surface area contributed by atoms with Crippen LogP contribution in [0.1, 0.15) is 28.4 Å². The first-order chi connectivity index (χ1) is 8.74. The molecule has 0 aliphatic carbocycles. The lowest BCUT2D eigenvalue weighted by atomic mass is 9.96. The summed E-state index contributed by atoms with van der Waals surface area (Å²) in [6.45, 7) is 0. The number of ether oxygens (including phenoxy) is 1. The molecule has 2 aromatic carbocycles. The summed E-state index contributed by atoms with van der Waals surface area (Å²) in [6.07, 6.45) is 0.221. The summed E-state index contributed by atoms with van der Waals surface area (Å²) in [4.78, 5) is 12.0. The Kier molecular flexibility index (Phi) is 2.92. The molecule has 0 bridgehead atoms. The molecule has 0 unspecified atom stereocenters. The van der Waals surface area contributed by atoms with E-state index in [1.807, 2.05) is 48.5 Å². The average Bonchev–Trinajstić information content (AvgIpc) is 2.39. The number of halogens is 1. The Morgan fingerprint density at radius 2 is 1.78 bits per heavy atom. The molecule has 0 aromatic heterocycles. The van der Waals surface area contributed by atoms with Crippen molar-refractivity contribution in [3.05, 3.63) is 64.1 Å². The third-order valence-electron chi connectivity index (χ3n) is 3.07. The number of hydrogen-bond donors (Lipinski definition) is 0. The summed E-state index contributed by atoms with van der Waals surface area (Å²) in [5.74, 6) is 0.825. The van der Waals surface area contributed by atoms with Crippen molar-refractivity contribution in [3.63, 3.8) is 0 Å². The van der Waals surface area contributed by atoms with E-state index in [1.165, 1.54) is 0 Å². The minimum Gasteiger partial charge on any atom is -0.484 e. The molecular formula is C15H11BrO2. The standard InChI is InChI=1S/C15H11BrO2/c16-11-7-5-10(6-8-11)15-9-13(17)12-3-1-2-4-14(12)18-15/h1-8,15H,9H2/t15-/m0/s1. The van der Waals surface area contributed by atoms with Gasteiger partial charge in [-0.3, -0.25) is 4.79 Å². The molecule has 1 heterocycles. The monoisotopic (exact) mass is 302 g/mol. The summed E-state index contributed by atoms with van der Waals surface area (Å²) in [6, 6.07) is 15.3. The lowest BCUT2D eigenvalue weighted by Crippen LogP contribution is -2.20. The van der Waals surface area contributed by atoms with Gasteiger partial charge in [0.05, 0.1) is 12.0 Å². The van der Waals surface area contributed by atoms with Crippen molar-refractivity contribution in [3.8, 4) is 5.75 Å². The number of rotatable bonds is 1. The van der Waals surface area contributed by atoms with Crippen molar-refractivity contribution < 1.29 is 9.53 Å². The zero-order chi connectivity index (χ0) is 12.5. The molecule has 1 aliphatic rings. The second-order valence-corrected chi connectivity index (χ2v) is 5.20. The van der Waals surface area contributed by atoms with E-state index in [4.69, 9.17) is 4.74 Å². The lowest BCUT2D eigenvalue weighted by Gasteiger charge is -2.25. The molecule has 3 rings (SSSR count). The van der Waals surface area contributed by atoms with Gasteiger partial charge in [0.1, 0.15) is 11.9 Å². The largest absolute Gasteiger partial charge is 0.484 e. The molecule has 0 saturated carbocycles. The number of ketones is 1. The van der Waals surface area contributed by atoms with Gasteiger partial charge >= 0.3 is 0 Å². The molecule has 1 atom stereocenters. The fraction of sp³-hybridized carbons (Fsp3) is 0.133. The molecule has 0 spiro atoms. The maximum Gasteiger partial charge on any atom is 0.170 e. The molecule has 2 nitrogen and oxygen atoms in total. The number of para-hydroxylation sites is 1. The van der Waals surface area contributed by atoms with Crippen LogP contribution in [0.15, 0.2) is 53.0 Å². The summed E-state index contributed by atoms with van der Waals surface area (Å²) < 4.78 is 6.91. The lowest BCUT2D eigenvalue weighted by molar-refractivity contribution is 0.0850. The Morgan fingerprint density at radius 1 is 1.06 bits per heavy atom. The van der Waals surface area contributed by atoms with Crippen molar-refractivity contribution in [2.75, 3.05) is 0 Å². The van der Waals surface area contributed by atoms with E-state index >= 15 is 0 Å². The van der Waals surface area contributed by atoms with Crippen molar-refractivity contribution in [1.82, 2.24) is 0 Å². The van der Waals surface area contributed by atoms with E-state index in [9.17, 15) is 4.79 Å². The normalized spacial score (nSPS) is 18.1. The average molecular weight is 303 g/mol. The summed E-state index contributed by atoms with van der Waals surface area (Å²) in [7, 11) is 0. The van der Waals surface area contributed by atoms with Crippen LogP contribution >= 0.6 is 15.9 Å². The van der Waals surface area contributed by atoms with Gasteiger partial charge in [-0.15, -0.1) is 0 Å². The van der Waals surface area contributed by atoms with Crippen molar-refractivity contribution in [2.24, 2.45) is 0 Å². The SMILES string of the molecule is O=C1C[C@@H](c2ccc(Br)cc2)Oc2ccccc21. The highest BCUT2D eigenvalue weighted by atomic mass is 79.9. The highest BCUT2D eigenvalue weighted by molar-refractivity contribution is 9.10. The Hall–Kier alpha value is -1.61. The first-order valence-corrected chi connectivity index (χ1v) is 6.58. The molecule has 2 aromatic rings. The van der Waals surface area contributed by atoms with Crippen LogP contribution in [0.4, 0.5) is 0 Å². The fourth-order valence-corrected chi connectivity index (χ4v) is 2.40. The topological polar surface area (TPSA) is 26.3 Å². The molecule has 0 radical (unpaired) electrons. The maximum atomic E-state index is 12.0. The molecule has 0 fully saturated rings. The van der Waals surface area contributed by atoms with Gasteiger partial charge in [0.15, 0.2) is 5.78 Å². The number of hydrogen-bond acceptors (Lipinski definition) is 2. The van der Waals surface area contributed by atoms with Gasteiger partial charge in [-0.2, -0.15) is 0 Å². The zero-order valence-electron chi connectivity index (χ0n) is 9.60. The van der Waals surface area contributed by atoms with Crippen LogP contribution in [0.3, 0.4) is 0 Å². The van der Waals surface area contributed by atoms with Crippen LogP contribution in [0.2, 0.25) is 0 Å². The van der Waals surface area contributed by atoms with Gasteiger partial charge in [0.2, 0.25) is 0 Å².